The van der Waals surface area contributed by atoms with Crippen molar-refractivity contribution < 1.29 is 9.53 Å². The Morgan fingerprint density at radius 3 is 2.70 bits per heavy atom. The van der Waals surface area contributed by atoms with Crippen molar-refractivity contribution in [3.63, 3.8) is 0 Å². The largest absolute Gasteiger partial charge is 0.383 e. The van der Waals surface area contributed by atoms with Crippen molar-refractivity contribution in [1.82, 2.24) is 19.3 Å². The molecule has 0 saturated heterocycles. The second kappa shape index (κ2) is 10.4. The average Bonchev–Trinajstić information content (AvgIpc) is 3.15. The summed E-state index contributed by atoms with van der Waals surface area (Å²) in [5.41, 5.74) is 2.63. The van der Waals surface area contributed by atoms with E-state index in [1.807, 2.05) is 28.8 Å². The highest BCUT2D eigenvalue weighted by atomic mass is 35.5. The van der Waals surface area contributed by atoms with E-state index in [9.17, 15) is 9.59 Å². The number of imidazole rings is 1. The van der Waals surface area contributed by atoms with Crippen LogP contribution in [0, 0.1) is 0 Å². The molecule has 8 nitrogen and oxygen atoms in total. The van der Waals surface area contributed by atoms with E-state index in [0.29, 0.717) is 29.6 Å². The van der Waals surface area contributed by atoms with Gasteiger partial charge in [-0.2, -0.15) is 5.10 Å². The maximum atomic E-state index is 12.9. The van der Waals surface area contributed by atoms with Crippen LogP contribution in [0.1, 0.15) is 22.5 Å². The first-order valence-corrected chi connectivity index (χ1v) is 11.0. The Balaban J connectivity index is 1.58. The van der Waals surface area contributed by atoms with E-state index in [4.69, 9.17) is 16.3 Å². The fourth-order valence-electron chi connectivity index (χ4n) is 3.58. The first kappa shape index (κ1) is 22.7. The van der Waals surface area contributed by atoms with Crippen LogP contribution in [0.25, 0.3) is 11.0 Å². The number of fused-ring (bicyclic) bond motifs is 1. The molecule has 4 rings (SSSR count). The number of anilines is 1. The third-order valence-electron chi connectivity index (χ3n) is 5.23. The number of nitrogens with one attached hydrogen (secondary N) is 1. The molecule has 0 aliphatic heterocycles. The summed E-state index contributed by atoms with van der Waals surface area (Å²) in [5.74, 6) is -0.0475. The molecule has 0 atom stereocenters. The van der Waals surface area contributed by atoms with Crippen LogP contribution in [0.2, 0.25) is 5.02 Å². The molecule has 0 bridgehead atoms. The first-order valence-electron chi connectivity index (χ1n) is 10.6. The molecule has 4 aromatic rings. The zero-order valence-corrected chi connectivity index (χ0v) is 19.0. The van der Waals surface area contributed by atoms with Crippen LogP contribution in [0.4, 0.5) is 5.95 Å². The number of nitrogens with zero attached hydrogens (tertiary/aromatic N) is 4. The summed E-state index contributed by atoms with van der Waals surface area (Å²) in [6.07, 6.45) is 1.76. The van der Waals surface area contributed by atoms with E-state index in [1.54, 1.807) is 12.1 Å². The van der Waals surface area contributed by atoms with Gasteiger partial charge in [0, 0.05) is 24.7 Å². The highest BCUT2D eigenvalue weighted by molar-refractivity contribution is 6.31. The van der Waals surface area contributed by atoms with Crippen molar-refractivity contribution in [3.8, 4) is 0 Å². The molecule has 0 aliphatic rings. The summed E-state index contributed by atoms with van der Waals surface area (Å²) in [6, 6.07) is 18.4. The number of ether oxygens (including phenoxy) is 1. The zero-order chi connectivity index (χ0) is 23.2. The molecule has 1 amide bonds. The zero-order valence-electron chi connectivity index (χ0n) is 18.2. The molecule has 0 fully saturated rings. The van der Waals surface area contributed by atoms with Gasteiger partial charge in [0.05, 0.1) is 24.2 Å². The maximum absolute atomic E-state index is 12.9. The Kier molecular flexibility index (Phi) is 7.16. The second-order valence-electron chi connectivity index (χ2n) is 7.54. The van der Waals surface area contributed by atoms with E-state index in [2.05, 4.69) is 27.5 Å². The van der Waals surface area contributed by atoms with Gasteiger partial charge < -0.3 is 9.30 Å². The Labute approximate surface area is 195 Å². The number of aromatic nitrogens is 4. The van der Waals surface area contributed by atoms with E-state index < -0.39 is 5.91 Å². The van der Waals surface area contributed by atoms with Gasteiger partial charge in [0.25, 0.3) is 11.5 Å². The van der Waals surface area contributed by atoms with Gasteiger partial charge >= 0.3 is 0 Å². The lowest BCUT2D eigenvalue weighted by atomic mass is 10.1. The van der Waals surface area contributed by atoms with Crippen molar-refractivity contribution in [2.45, 2.75) is 25.9 Å². The topological polar surface area (TPSA) is 91.0 Å². The van der Waals surface area contributed by atoms with E-state index in [1.165, 1.54) is 29.5 Å². The Morgan fingerprint density at radius 2 is 1.91 bits per heavy atom. The third kappa shape index (κ3) is 5.47. The molecule has 0 unspecified atom stereocenters. The summed E-state index contributed by atoms with van der Waals surface area (Å²) in [5, 5.41) is 7.58. The number of carbonyl (C=O) groups excluding carboxylic acids is 1. The molecular weight excluding hydrogens is 442 g/mol. The molecule has 0 spiro atoms. The molecule has 2 aromatic carbocycles. The van der Waals surface area contributed by atoms with Crippen LogP contribution in [-0.4, -0.2) is 39.0 Å². The molecule has 2 heterocycles. The summed E-state index contributed by atoms with van der Waals surface area (Å²) in [6.45, 7) is 1.23. The summed E-state index contributed by atoms with van der Waals surface area (Å²) >= 11 is 6.15. The number of amides is 1. The number of halogens is 1. The monoisotopic (exact) mass is 465 g/mol. The van der Waals surface area contributed by atoms with Gasteiger partial charge in [-0.25, -0.2) is 9.67 Å². The van der Waals surface area contributed by atoms with Gasteiger partial charge in [0.2, 0.25) is 5.95 Å². The van der Waals surface area contributed by atoms with Crippen LogP contribution < -0.4 is 10.9 Å². The molecule has 0 radical (unpaired) electrons. The molecule has 33 heavy (non-hydrogen) atoms. The number of methoxy groups -OCH3 is 1. The van der Waals surface area contributed by atoms with Gasteiger partial charge in [-0.1, -0.05) is 41.9 Å². The smallest absolute Gasteiger partial charge is 0.278 e. The fourth-order valence-corrected chi connectivity index (χ4v) is 3.75. The summed E-state index contributed by atoms with van der Waals surface area (Å²) in [7, 11) is 1.54. The molecule has 2 aromatic heterocycles. The van der Waals surface area contributed by atoms with Crippen LogP contribution in [0.5, 0.6) is 0 Å². The quantitative estimate of drug-likeness (QED) is 0.406. The van der Waals surface area contributed by atoms with Crippen molar-refractivity contribution in [2.75, 3.05) is 19.0 Å². The van der Waals surface area contributed by atoms with E-state index >= 15 is 0 Å². The van der Waals surface area contributed by atoms with Crippen molar-refractivity contribution in [1.29, 1.82) is 0 Å². The molecule has 1 N–H and O–H groups in total. The lowest BCUT2D eigenvalue weighted by molar-refractivity contribution is 0.101. The number of rotatable bonds is 9. The Hall–Kier alpha value is -3.49. The van der Waals surface area contributed by atoms with Crippen LogP contribution >= 0.6 is 11.6 Å². The minimum Gasteiger partial charge on any atom is -0.383 e. The highest BCUT2D eigenvalue weighted by Crippen LogP contribution is 2.24. The molecule has 9 heteroatoms. The maximum Gasteiger partial charge on any atom is 0.278 e. The minimum absolute atomic E-state index is 0.117. The lowest BCUT2D eigenvalue weighted by Crippen LogP contribution is -2.28. The molecule has 0 saturated carbocycles. The van der Waals surface area contributed by atoms with Gasteiger partial charge in [0.15, 0.2) is 0 Å². The van der Waals surface area contributed by atoms with Crippen LogP contribution in [0.3, 0.4) is 0 Å². The van der Waals surface area contributed by atoms with Crippen molar-refractivity contribution in [3.05, 3.63) is 87.3 Å². The summed E-state index contributed by atoms with van der Waals surface area (Å²) in [4.78, 5) is 29.5. The minimum atomic E-state index is -0.452. The fraction of sp³-hybridized carbons (Fsp3) is 0.250. The van der Waals surface area contributed by atoms with E-state index in [-0.39, 0.29) is 17.8 Å². The number of aryl methyl sites for hydroxylation is 2. The predicted octanol–water partition coefficient (Wildman–Crippen LogP) is 3.78. The summed E-state index contributed by atoms with van der Waals surface area (Å²) < 4.78 is 8.18. The number of hydrogen-bond acceptors (Lipinski definition) is 5. The Morgan fingerprint density at radius 1 is 1.09 bits per heavy atom. The van der Waals surface area contributed by atoms with Gasteiger partial charge in [-0.15, -0.1) is 0 Å². The number of hydrogen-bond donors (Lipinski definition) is 1. The Bertz CT molecular complexity index is 1320. The SMILES string of the molecule is COCCn1nc(C(=O)Nc2nc3cc(Cl)ccc3n2CCCc2ccccc2)ccc1=O. The van der Waals surface area contributed by atoms with Gasteiger partial charge in [-0.3, -0.25) is 14.9 Å². The van der Waals surface area contributed by atoms with Crippen molar-refractivity contribution >= 4 is 34.5 Å². The van der Waals surface area contributed by atoms with Crippen LogP contribution in [0.15, 0.2) is 65.5 Å². The highest BCUT2D eigenvalue weighted by Gasteiger charge is 2.16. The van der Waals surface area contributed by atoms with Crippen LogP contribution in [-0.2, 0) is 24.2 Å². The number of carbonyl (C=O) groups is 1. The normalized spacial score (nSPS) is 11.1. The van der Waals surface area contributed by atoms with Gasteiger partial charge in [-0.05, 0) is 42.7 Å². The third-order valence-corrected chi connectivity index (χ3v) is 5.47. The first-order chi connectivity index (χ1) is 16.0. The average molecular weight is 466 g/mol. The van der Waals surface area contributed by atoms with Gasteiger partial charge in [0.1, 0.15) is 5.69 Å². The standard InChI is InChI=1S/C24H24ClN5O3/c1-33-15-14-30-22(31)12-10-19(28-30)23(32)27-24-26-20-16-18(25)9-11-21(20)29(24)13-5-8-17-6-3-2-4-7-17/h2-4,6-7,9-12,16H,5,8,13-15H2,1H3,(H,26,27,32). The lowest BCUT2D eigenvalue weighted by Gasteiger charge is -2.11. The molecular formula is C24H24ClN5O3. The molecule has 0 aliphatic carbocycles. The van der Waals surface area contributed by atoms with Crippen molar-refractivity contribution in [2.24, 2.45) is 0 Å². The van der Waals surface area contributed by atoms with E-state index in [0.717, 1.165) is 18.4 Å². The second-order valence-corrected chi connectivity index (χ2v) is 7.97. The number of benzene rings is 2. The molecule has 170 valence electrons. The predicted molar refractivity (Wildman–Crippen MR) is 128 cm³/mol.